The Kier molecular flexibility index (Phi) is 16.6. The van der Waals surface area contributed by atoms with Crippen molar-refractivity contribution in [3.05, 3.63) is 77.7 Å². The van der Waals surface area contributed by atoms with Crippen LogP contribution < -0.4 is 14.8 Å². The number of benzene rings is 2. The molecule has 52 heavy (non-hydrogen) atoms. The van der Waals surface area contributed by atoms with E-state index in [9.17, 15) is 18.8 Å². The highest BCUT2D eigenvalue weighted by molar-refractivity contribution is 8.00. The van der Waals surface area contributed by atoms with Crippen LogP contribution >= 0.6 is 11.9 Å². The van der Waals surface area contributed by atoms with Crippen LogP contribution in [-0.2, 0) is 30.2 Å². The topological polar surface area (TPSA) is 125 Å². The van der Waals surface area contributed by atoms with Crippen LogP contribution in [0.5, 0.6) is 11.5 Å². The number of aromatic nitrogens is 1. The van der Waals surface area contributed by atoms with E-state index in [-0.39, 0.29) is 29.7 Å². The monoisotopic (exact) mass is 739 g/mol. The molecule has 10 nitrogen and oxygen atoms in total. The molecule has 0 atom stereocenters. The molecule has 1 heterocycles. The predicted molar refractivity (Wildman–Crippen MR) is 202 cm³/mol. The summed E-state index contributed by atoms with van der Waals surface area (Å²) in [5, 5.41) is 2.77. The number of nitrogens with one attached hydrogen (secondary N) is 2. The number of ether oxygens (including phenoxy) is 4. The fourth-order valence-electron chi connectivity index (χ4n) is 5.60. The highest BCUT2D eigenvalue weighted by Crippen LogP contribution is 2.39. The molecular weight excluding hydrogens is 686 g/mol. The van der Waals surface area contributed by atoms with Gasteiger partial charge in [-0.2, -0.15) is 0 Å². The lowest BCUT2D eigenvalue weighted by molar-refractivity contribution is -0.167. The van der Waals surface area contributed by atoms with Crippen molar-refractivity contribution in [1.29, 1.82) is 0 Å². The Morgan fingerprint density at radius 1 is 0.885 bits per heavy atom. The second kappa shape index (κ2) is 20.3. The zero-order chi connectivity index (χ0) is 38.2. The molecule has 2 aromatic carbocycles. The van der Waals surface area contributed by atoms with Gasteiger partial charge in [0.15, 0.2) is 0 Å². The van der Waals surface area contributed by atoms with Crippen LogP contribution in [0.2, 0.25) is 0 Å². The van der Waals surface area contributed by atoms with Crippen LogP contribution in [0, 0.1) is 16.6 Å². The van der Waals surface area contributed by atoms with Gasteiger partial charge in [-0.1, -0.05) is 20.3 Å². The van der Waals surface area contributed by atoms with Crippen molar-refractivity contribution in [2.24, 2.45) is 10.8 Å². The average molecular weight is 740 g/mol. The maximum atomic E-state index is 14.7. The van der Waals surface area contributed by atoms with Gasteiger partial charge in [-0.15, -0.1) is 0 Å². The molecule has 0 bridgehead atoms. The van der Waals surface area contributed by atoms with E-state index in [4.69, 9.17) is 18.9 Å². The number of carbonyl (C=O) groups is 3. The number of halogens is 1. The predicted octanol–water partition coefficient (Wildman–Crippen LogP) is 8.59. The Balaban J connectivity index is 1.41. The van der Waals surface area contributed by atoms with Gasteiger partial charge in [-0.05, 0) is 138 Å². The van der Waals surface area contributed by atoms with E-state index >= 15 is 0 Å². The number of aryl methyl sites for hydroxylation is 1. The summed E-state index contributed by atoms with van der Waals surface area (Å²) in [6.07, 6.45) is 6.10. The molecule has 284 valence electrons. The smallest absolute Gasteiger partial charge is 0.312 e. The minimum atomic E-state index is -0.596. The molecule has 0 radical (unpaired) electrons. The van der Waals surface area contributed by atoms with Crippen LogP contribution in [0.4, 0.5) is 10.2 Å². The maximum Gasteiger partial charge on any atom is 0.312 e. The number of hydrogen-bond donors (Lipinski definition) is 2. The van der Waals surface area contributed by atoms with Gasteiger partial charge >= 0.3 is 5.97 Å². The van der Waals surface area contributed by atoms with Crippen LogP contribution in [0.1, 0.15) is 90.1 Å². The third-order valence-electron chi connectivity index (χ3n) is 7.89. The first kappa shape index (κ1) is 42.4. The molecule has 0 aliphatic heterocycles. The molecule has 0 saturated heterocycles. The molecule has 0 fully saturated rings. The van der Waals surface area contributed by atoms with Gasteiger partial charge in [-0.25, -0.2) is 9.37 Å². The Bertz CT molecular complexity index is 1580. The molecule has 0 aliphatic rings. The number of amides is 1. The fraction of sp³-hybridized carbons (Fsp3) is 0.500. The van der Waals surface area contributed by atoms with Crippen LogP contribution in [0.25, 0.3) is 0 Å². The third kappa shape index (κ3) is 15.7. The number of anilines is 1. The van der Waals surface area contributed by atoms with Crippen molar-refractivity contribution < 1.29 is 37.7 Å². The number of unbranched alkanes of at least 4 members (excludes halogenated alkanes) is 1. The lowest BCUT2D eigenvalue weighted by Gasteiger charge is -2.35. The standard InChI is InChI=1S/C40H54FN3O7S/c1-38(2,3)51-37(47)40(6,7)28-39(4,5)19-9-8-10-29-26-32(14-17-34(29)41)50-31-12-15-33(16-13-31)52-44-35-18-11-30(27-43-35)36(46)42-20-22-48-24-25-49-23-21-45/h11-18,21,26-27H,8-10,19-20,22-25,28H2,1-7H3,(H,42,46)(H,43,44). The Hall–Kier alpha value is -4.00. The first-order valence-corrected chi connectivity index (χ1v) is 18.4. The quantitative estimate of drug-likeness (QED) is 0.0448. The van der Waals surface area contributed by atoms with Crippen molar-refractivity contribution >= 4 is 35.9 Å². The average Bonchev–Trinajstić information content (AvgIpc) is 3.07. The van der Waals surface area contributed by atoms with Gasteiger partial charge < -0.3 is 33.8 Å². The molecular formula is C40H54FN3O7S. The summed E-state index contributed by atoms with van der Waals surface area (Å²) < 4.78 is 39.9. The number of carbonyl (C=O) groups excluding carboxylic acids is 3. The van der Waals surface area contributed by atoms with E-state index in [1.807, 2.05) is 58.9 Å². The van der Waals surface area contributed by atoms with Gasteiger partial charge in [0.25, 0.3) is 5.91 Å². The number of rotatable bonds is 22. The van der Waals surface area contributed by atoms with Crippen molar-refractivity contribution in [1.82, 2.24) is 10.3 Å². The summed E-state index contributed by atoms with van der Waals surface area (Å²) in [4.78, 5) is 40.5. The highest BCUT2D eigenvalue weighted by Gasteiger charge is 2.37. The Morgan fingerprint density at radius 2 is 1.60 bits per heavy atom. The lowest BCUT2D eigenvalue weighted by Crippen LogP contribution is -2.36. The minimum absolute atomic E-state index is 0.0426. The Morgan fingerprint density at radius 3 is 2.27 bits per heavy atom. The SMILES string of the molecule is CC(C)(CCCCc1cc(Oc2ccc(SNc3ccc(C(=O)NCCOCCOCC=O)cn3)cc2)ccc1F)CC(C)(C)C(=O)OC(C)(C)C. The summed E-state index contributed by atoms with van der Waals surface area (Å²) in [5.41, 5.74) is -0.152. The molecule has 0 spiro atoms. The molecule has 0 saturated carbocycles. The van der Waals surface area contributed by atoms with E-state index < -0.39 is 11.0 Å². The van der Waals surface area contributed by atoms with Crippen LogP contribution in [0.15, 0.2) is 65.7 Å². The summed E-state index contributed by atoms with van der Waals surface area (Å²) >= 11 is 1.37. The van der Waals surface area contributed by atoms with Crippen LogP contribution in [-0.4, -0.2) is 61.7 Å². The molecule has 2 N–H and O–H groups in total. The first-order valence-electron chi connectivity index (χ1n) is 17.6. The number of pyridine rings is 1. The van der Waals surface area contributed by atoms with Gasteiger partial charge in [0.05, 0.1) is 30.8 Å². The van der Waals surface area contributed by atoms with E-state index in [2.05, 4.69) is 28.9 Å². The van der Waals surface area contributed by atoms with Crippen LogP contribution in [0.3, 0.4) is 0 Å². The van der Waals surface area contributed by atoms with Gasteiger partial charge in [0.1, 0.15) is 41.6 Å². The normalized spacial score (nSPS) is 11.9. The van der Waals surface area contributed by atoms with E-state index in [0.29, 0.717) is 73.9 Å². The summed E-state index contributed by atoms with van der Waals surface area (Å²) in [7, 11) is 0. The number of esters is 1. The van der Waals surface area contributed by atoms with Gasteiger partial charge in [-0.3, -0.25) is 9.59 Å². The van der Waals surface area contributed by atoms with E-state index in [1.165, 1.54) is 24.2 Å². The van der Waals surface area contributed by atoms with Crippen molar-refractivity contribution in [3.63, 3.8) is 0 Å². The number of nitrogens with zero attached hydrogens (tertiary/aromatic N) is 1. The molecule has 0 unspecified atom stereocenters. The summed E-state index contributed by atoms with van der Waals surface area (Å²) in [5.74, 6) is 1.09. The van der Waals surface area contributed by atoms with Gasteiger partial charge in [0.2, 0.25) is 0 Å². The number of hydrogen-bond acceptors (Lipinski definition) is 10. The zero-order valence-electron chi connectivity index (χ0n) is 31.5. The van der Waals surface area contributed by atoms with Crippen molar-refractivity contribution in [3.8, 4) is 11.5 Å². The second-order valence-electron chi connectivity index (χ2n) is 15.0. The first-order chi connectivity index (χ1) is 24.6. The molecule has 3 aromatic rings. The second-order valence-corrected chi connectivity index (χ2v) is 15.9. The molecule has 1 aromatic heterocycles. The minimum Gasteiger partial charge on any atom is -0.460 e. The van der Waals surface area contributed by atoms with E-state index in [1.54, 1.807) is 24.3 Å². The van der Waals surface area contributed by atoms with Gasteiger partial charge in [0, 0.05) is 17.6 Å². The molecule has 12 heteroatoms. The largest absolute Gasteiger partial charge is 0.460 e. The summed E-state index contributed by atoms with van der Waals surface area (Å²) in [6.45, 7) is 15.2. The Labute approximate surface area is 312 Å². The highest BCUT2D eigenvalue weighted by atomic mass is 32.2. The van der Waals surface area contributed by atoms with Crippen molar-refractivity contribution in [2.75, 3.05) is 37.7 Å². The molecule has 0 aliphatic carbocycles. The molecule has 3 rings (SSSR count). The third-order valence-corrected chi connectivity index (χ3v) is 8.71. The fourth-order valence-corrected chi connectivity index (χ4v) is 6.22. The van der Waals surface area contributed by atoms with E-state index in [0.717, 1.165) is 24.2 Å². The summed E-state index contributed by atoms with van der Waals surface area (Å²) in [6, 6.07) is 15.7. The maximum absolute atomic E-state index is 14.7. The molecule has 1 amide bonds. The zero-order valence-corrected chi connectivity index (χ0v) is 32.3. The number of aldehydes is 1. The lowest BCUT2D eigenvalue weighted by atomic mass is 9.72. The van der Waals surface area contributed by atoms with Crippen molar-refractivity contribution in [2.45, 2.75) is 91.1 Å².